The Hall–Kier alpha value is -4.86. The van der Waals surface area contributed by atoms with E-state index in [4.69, 9.17) is 16.6 Å². The Morgan fingerprint density at radius 1 is 0.385 bits per heavy atom. The van der Waals surface area contributed by atoms with Gasteiger partial charge >= 0.3 is 0 Å². The highest BCUT2D eigenvalue weighted by atomic mass is 35.5. The summed E-state index contributed by atoms with van der Waals surface area (Å²) in [6.07, 6.45) is 0. The lowest BCUT2D eigenvalue weighted by Gasteiger charge is -2.10. The number of hydrogen-bond acceptors (Lipinski definition) is 3. The molecule has 0 radical (unpaired) electrons. The predicted octanol–water partition coefficient (Wildman–Crippen LogP) is 9.50. The van der Waals surface area contributed by atoms with Gasteiger partial charge in [0.05, 0.1) is 0 Å². The molecule has 3 nitrogen and oxygen atoms in total. The van der Waals surface area contributed by atoms with E-state index >= 15 is 0 Å². The summed E-state index contributed by atoms with van der Waals surface area (Å²) in [4.78, 5) is 13.7. The lowest BCUT2D eigenvalue weighted by atomic mass is 9.96. The van der Waals surface area contributed by atoms with Crippen LogP contribution in [0, 0.1) is 0 Å². The van der Waals surface area contributed by atoms with Gasteiger partial charge in [-0.25, -0.2) is 4.98 Å². The molecule has 0 aliphatic heterocycles. The third-order valence-electron chi connectivity index (χ3n) is 7.04. The Balaban J connectivity index is 1.26. The number of fused-ring (bicyclic) bond motifs is 2. The van der Waals surface area contributed by atoms with E-state index in [1.807, 2.05) is 36.4 Å². The van der Waals surface area contributed by atoms with Crippen molar-refractivity contribution in [2.24, 2.45) is 0 Å². The van der Waals surface area contributed by atoms with E-state index in [1.54, 1.807) is 0 Å². The standard InChI is InChI=1S/C35H22ClN3/c36-35-38-33(29-13-6-12-25(21-29)23-8-2-1-3-9-23)37-34(39-35)30-19-17-26-20-28(18-16-27(26)22-30)32-15-7-11-24-10-4-5-14-31(24)32/h1-22H. The van der Waals surface area contributed by atoms with E-state index in [-0.39, 0.29) is 5.28 Å². The molecule has 0 N–H and O–H groups in total. The smallest absolute Gasteiger partial charge is 0.208 e. The fraction of sp³-hybridized carbons (Fsp3) is 0. The van der Waals surface area contributed by atoms with Gasteiger partial charge in [-0.05, 0) is 73.6 Å². The largest absolute Gasteiger partial charge is 0.226 e. The van der Waals surface area contributed by atoms with Crippen molar-refractivity contribution in [1.29, 1.82) is 0 Å². The summed E-state index contributed by atoms with van der Waals surface area (Å²) in [5.74, 6) is 1.10. The minimum absolute atomic E-state index is 0.173. The highest BCUT2D eigenvalue weighted by Gasteiger charge is 2.12. The minimum atomic E-state index is 0.173. The molecule has 39 heavy (non-hydrogen) atoms. The number of hydrogen-bond donors (Lipinski definition) is 0. The molecule has 184 valence electrons. The first-order valence-electron chi connectivity index (χ1n) is 12.8. The quantitative estimate of drug-likeness (QED) is 0.232. The number of rotatable bonds is 4. The molecule has 6 aromatic carbocycles. The molecule has 7 rings (SSSR count). The third-order valence-corrected chi connectivity index (χ3v) is 7.20. The first-order valence-corrected chi connectivity index (χ1v) is 13.2. The summed E-state index contributed by atoms with van der Waals surface area (Å²) < 4.78 is 0. The summed E-state index contributed by atoms with van der Waals surface area (Å²) in [6.45, 7) is 0. The maximum absolute atomic E-state index is 6.40. The van der Waals surface area contributed by atoms with Crippen LogP contribution >= 0.6 is 11.6 Å². The monoisotopic (exact) mass is 519 g/mol. The Labute approximate surface area is 231 Å². The van der Waals surface area contributed by atoms with Crippen LogP contribution in [0.15, 0.2) is 133 Å². The highest BCUT2D eigenvalue weighted by Crippen LogP contribution is 2.33. The van der Waals surface area contributed by atoms with Crippen LogP contribution in [0.25, 0.3) is 66.6 Å². The first-order chi connectivity index (χ1) is 19.2. The third kappa shape index (κ3) is 4.54. The molecule has 0 amide bonds. The first kappa shape index (κ1) is 23.3. The molecular formula is C35H22ClN3. The normalized spacial score (nSPS) is 11.2. The van der Waals surface area contributed by atoms with Crippen molar-refractivity contribution in [3.63, 3.8) is 0 Å². The van der Waals surface area contributed by atoms with E-state index in [0.717, 1.165) is 33.0 Å². The van der Waals surface area contributed by atoms with Crippen LogP contribution in [-0.2, 0) is 0 Å². The average Bonchev–Trinajstić information content (AvgIpc) is 3.00. The molecule has 0 saturated heterocycles. The lowest BCUT2D eigenvalue weighted by Crippen LogP contribution is -1.97. The number of nitrogens with zero attached hydrogens (tertiary/aromatic N) is 3. The second kappa shape index (κ2) is 9.79. The molecule has 7 aromatic rings. The fourth-order valence-corrected chi connectivity index (χ4v) is 5.27. The molecule has 1 aromatic heterocycles. The van der Waals surface area contributed by atoms with Gasteiger partial charge in [-0.1, -0.05) is 115 Å². The molecule has 0 atom stereocenters. The SMILES string of the molecule is Clc1nc(-c2cccc(-c3ccccc3)c2)nc(-c2ccc3cc(-c4cccc5ccccc45)ccc3c2)n1. The van der Waals surface area contributed by atoms with Crippen molar-refractivity contribution in [2.45, 2.75) is 0 Å². The van der Waals surface area contributed by atoms with Crippen molar-refractivity contribution in [2.75, 3.05) is 0 Å². The summed E-state index contributed by atoms with van der Waals surface area (Å²) in [5.41, 5.74) is 6.44. The highest BCUT2D eigenvalue weighted by molar-refractivity contribution is 6.28. The number of aromatic nitrogens is 3. The molecule has 4 heteroatoms. The Kier molecular flexibility index (Phi) is 5.84. The van der Waals surface area contributed by atoms with Gasteiger partial charge in [-0.3, -0.25) is 0 Å². The maximum atomic E-state index is 6.40. The van der Waals surface area contributed by atoms with Crippen molar-refractivity contribution in [3.05, 3.63) is 139 Å². The van der Waals surface area contributed by atoms with Crippen LogP contribution in [-0.4, -0.2) is 15.0 Å². The van der Waals surface area contributed by atoms with Crippen molar-refractivity contribution in [3.8, 4) is 45.0 Å². The van der Waals surface area contributed by atoms with Crippen LogP contribution in [0.3, 0.4) is 0 Å². The van der Waals surface area contributed by atoms with E-state index in [0.29, 0.717) is 11.6 Å². The van der Waals surface area contributed by atoms with Crippen LogP contribution in [0.4, 0.5) is 0 Å². The molecule has 0 aliphatic carbocycles. The van der Waals surface area contributed by atoms with Gasteiger partial charge in [0.15, 0.2) is 11.6 Å². The zero-order valence-electron chi connectivity index (χ0n) is 20.9. The molecule has 0 fully saturated rings. The summed E-state index contributed by atoms with van der Waals surface area (Å²) in [6, 6.07) is 46.2. The molecule has 0 unspecified atom stereocenters. The van der Waals surface area contributed by atoms with Gasteiger partial charge in [0.2, 0.25) is 5.28 Å². The molecule has 0 saturated carbocycles. The number of halogens is 1. The summed E-state index contributed by atoms with van der Waals surface area (Å²) in [7, 11) is 0. The van der Waals surface area contributed by atoms with E-state index < -0.39 is 0 Å². The van der Waals surface area contributed by atoms with Crippen molar-refractivity contribution < 1.29 is 0 Å². The second-order valence-corrected chi connectivity index (χ2v) is 9.84. The summed E-state index contributed by atoms with van der Waals surface area (Å²) in [5, 5.41) is 4.93. The average molecular weight is 520 g/mol. The Morgan fingerprint density at radius 2 is 0.974 bits per heavy atom. The van der Waals surface area contributed by atoms with Gasteiger partial charge in [0.25, 0.3) is 0 Å². The predicted molar refractivity (Wildman–Crippen MR) is 162 cm³/mol. The molecule has 0 spiro atoms. The van der Waals surface area contributed by atoms with Crippen LogP contribution in [0.1, 0.15) is 0 Å². The molecule has 1 heterocycles. The van der Waals surface area contributed by atoms with Gasteiger partial charge in [-0.2, -0.15) is 9.97 Å². The Morgan fingerprint density at radius 3 is 1.79 bits per heavy atom. The zero-order valence-corrected chi connectivity index (χ0v) is 21.7. The van der Waals surface area contributed by atoms with E-state index in [2.05, 4.69) is 107 Å². The van der Waals surface area contributed by atoms with Gasteiger partial charge in [-0.15, -0.1) is 0 Å². The molecular weight excluding hydrogens is 498 g/mol. The van der Waals surface area contributed by atoms with Gasteiger partial charge in [0, 0.05) is 11.1 Å². The van der Waals surface area contributed by atoms with Crippen LogP contribution < -0.4 is 0 Å². The van der Waals surface area contributed by atoms with E-state index in [9.17, 15) is 0 Å². The lowest BCUT2D eigenvalue weighted by molar-refractivity contribution is 1.07. The Bertz CT molecular complexity index is 1980. The van der Waals surface area contributed by atoms with E-state index in [1.165, 1.54) is 21.9 Å². The fourth-order valence-electron chi connectivity index (χ4n) is 5.11. The molecule has 0 bridgehead atoms. The maximum Gasteiger partial charge on any atom is 0.226 e. The van der Waals surface area contributed by atoms with Crippen molar-refractivity contribution in [1.82, 2.24) is 15.0 Å². The van der Waals surface area contributed by atoms with Crippen molar-refractivity contribution >= 4 is 33.1 Å². The van der Waals surface area contributed by atoms with Crippen LogP contribution in [0.2, 0.25) is 5.28 Å². The second-order valence-electron chi connectivity index (χ2n) is 9.50. The summed E-state index contributed by atoms with van der Waals surface area (Å²) >= 11 is 6.40. The number of benzene rings is 6. The topological polar surface area (TPSA) is 38.7 Å². The molecule has 0 aliphatic rings. The van der Waals surface area contributed by atoms with Gasteiger partial charge in [0.1, 0.15) is 0 Å². The van der Waals surface area contributed by atoms with Crippen LogP contribution in [0.5, 0.6) is 0 Å². The zero-order chi connectivity index (χ0) is 26.2. The minimum Gasteiger partial charge on any atom is -0.208 e. The van der Waals surface area contributed by atoms with Gasteiger partial charge < -0.3 is 0 Å².